The fraction of sp³-hybridized carbons (Fsp3) is 0.286. The number of nitrogens with two attached hydrogens (primary N) is 1. The van der Waals surface area contributed by atoms with Crippen LogP contribution in [0.1, 0.15) is 39.7 Å². The quantitative estimate of drug-likeness (QED) is 0.627. The minimum absolute atomic E-state index is 0.0633. The van der Waals surface area contributed by atoms with Crippen LogP contribution in [0.5, 0.6) is 0 Å². The number of pyridine rings is 2. The molecule has 1 aromatic carbocycles. The van der Waals surface area contributed by atoms with Crippen molar-refractivity contribution in [1.29, 1.82) is 0 Å². The second-order valence-electron chi connectivity index (χ2n) is 7.15. The molecule has 3 heterocycles. The average molecular weight is 434 g/mol. The number of halogens is 4. The van der Waals surface area contributed by atoms with Crippen molar-refractivity contribution in [3.8, 4) is 0 Å². The molecule has 0 radical (unpaired) electrons. The molecule has 2 aromatic heterocycles. The minimum atomic E-state index is -4.50. The molecule has 0 atom stereocenters. The first-order valence-corrected chi connectivity index (χ1v) is 9.48. The van der Waals surface area contributed by atoms with Crippen LogP contribution >= 0.6 is 0 Å². The van der Waals surface area contributed by atoms with E-state index in [-0.39, 0.29) is 36.8 Å². The minimum Gasteiger partial charge on any atom is -0.383 e. The molecule has 0 saturated heterocycles. The SMILES string of the molecule is CCN(Cc1ccc(C(F)(F)F)cn1)C(=O)c1cc2c3c(c(N)nc2cc1F)COC3. The molecule has 0 aliphatic carbocycles. The first-order chi connectivity index (χ1) is 14.7. The predicted octanol–water partition coefficient (Wildman–Crippen LogP) is 4.06. The molecule has 6 nitrogen and oxygen atoms in total. The molecule has 162 valence electrons. The Labute approximate surface area is 174 Å². The van der Waals surface area contributed by atoms with Gasteiger partial charge in [0.1, 0.15) is 11.6 Å². The first-order valence-electron chi connectivity index (χ1n) is 9.48. The zero-order chi connectivity index (χ0) is 22.3. The molecule has 3 aromatic rings. The van der Waals surface area contributed by atoms with Gasteiger partial charge in [0.25, 0.3) is 5.91 Å². The van der Waals surface area contributed by atoms with Crippen molar-refractivity contribution in [2.45, 2.75) is 32.9 Å². The summed E-state index contributed by atoms with van der Waals surface area (Å²) in [7, 11) is 0. The van der Waals surface area contributed by atoms with Crippen LogP contribution in [0.3, 0.4) is 0 Å². The van der Waals surface area contributed by atoms with E-state index in [1.165, 1.54) is 17.0 Å². The summed E-state index contributed by atoms with van der Waals surface area (Å²) >= 11 is 0. The molecular formula is C21H18F4N4O2. The van der Waals surface area contributed by atoms with Crippen LogP contribution in [-0.4, -0.2) is 27.3 Å². The van der Waals surface area contributed by atoms with E-state index < -0.39 is 23.5 Å². The Balaban J connectivity index is 1.65. The number of carbonyl (C=O) groups is 1. The van der Waals surface area contributed by atoms with Crippen molar-refractivity contribution in [1.82, 2.24) is 14.9 Å². The summed E-state index contributed by atoms with van der Waals surface area (Å²) < 4.78 is 58.4. The van der Waals surface area contributed by atoms with Crippen LogP contribution in [0.15, 0.2) is 30.5 Å². The fourth-order valence-corrected chi connectivity index (χ4v) is 3.54. The van der Waals surface area contributed by atoms with Crippen LogP contribution in [0, 0.1) is 5.82 Å². The third kappa shape index (κ3) is 3.90. The lowest BCUT2D eigenvalue weighted by molar-refractivity contribution is -0.137. The number of carbonyl (C=O) groups excluding carboxylic acids is 1. The number of hydrogen-bond donors (Lipinski definition) is 1. The van der Waals surface area contributed by atoms with Crippen LogP contribution < -0.4 is 5.73 Å². The Morgan fingerprint density at radius 3 is 2.61 bits per heavy atom. The van der Waals surface area contributed by atoms with E-state index in [4.69, 9.17) is 10.5 Å². The van der Waals surface area contributed by atoms with Gasteiger partial charge in [0, 0.05) is 29.8 Å². The largest absolute Gasteiger partial charge is 0.417 e. The first kappa shape index (κ1) is 21.0. The number of nitrogens with zero attached hydrogens (tertiary/aromatic N) is 3. The summed E-state index contributed by atoms with van der Waals surface area (Å²) in [5.41, 5.74) is 6.94. The van der Waals surface area contributed by atoms with Crippen molar-refractivity contribution in [2.24, 2.45) is 0 Å². The van der Waals surface area contributed by atoms with Gasteiger partial charge in [-0.3, -0.25) is 9.78 Å². The maximum atomic E-state index is 14.8. The van der Waals surface area contributed by atoms with E-state index in [9.17, 15) is 22.4 Å². The van der Waals surface area contributed by atoms with Crippen molar-refractivity contribution < 1.29 is 27.1 Å². The predicted molar refractivity (Wildman–Crippen MR) is 104 cm³/mol. The monoisotopic (exact) mass is 434 g/mol. The molecule has 0 unspecified atom stereocenters. The van der Waals surface area contributed by atoms with Crippen molar-refractivity contribution in [2.75, 3.05) is 12.3 Å². The highest BCUT2D eigenvalue weighted by molar-refractivity contribution is 5.99. The fourth-order valence-electron chi connectivity index (χ4n) is 3.54. The zero-order valence-electron chi connectivity index (χ0n) is 16.5. The third-order valence-electron chi connectivity index (χ3n) is 5.22. The maximum Gasteiger partial charge on any atom is 0.417 e. The number of ether oxygens (including phenoxy) is 1. The number of amides is 1. The van der Waals surface area contributed by atoms with Gasteiger partial charge in [0.05, 0.1) is 42.1 Å². The topological polar surface area (TPSA) is 81.3 Å². The van der Waals surface area contributed by atoms with Crippen molar-refractivity contribution in [3.63, 3.8) is 0 Å². The highest BCUT2D eigenvalue weighted by Gasteiger charge is 2.31. The Kier molecular flexibility index (Phi) is 5.26. The van der Waals surface area contributed by atoms with E-state index in [1.807, 2.05) is 0 Å². The molecule has 0 bridgehead atoms. The van der Waals surface area contributed by atoms with Gasteiger partial charge >= 0.3 is 6.18 Å². The Bertz CT molecular complexity index is 1160. The average Bonchev–Trinajstić information content (AvgIpc) is 3.22. The number of hydrogen-bond acceptors (Lipinski definition) is 5. The van der Waals surface area contributed by atoms with Gasteiger partial charge in [-0.1, -0.05) is 0 Å². The number of rotatable bonds is 4. The lowest BCUT2D eigenvalue weighted by atomic mass is 10.0. The smallest absolute Gasteiger partial charge is 0.383 e. The summed E-state index contributed by atoms with van der Waals surface area (Å²) in [6.07, 6.45) is -3.79. The van der Waals surface area contributed by atoms with Crippen LogP contribution in [-0.2, 0) is 30.7 Å². The summed E-state index contributed by atoms with van der Waals surface area (Å²) in [5.74, 6) is -1.10. The van der Waals surface area contributed by atoms with E-state index in [0.717, 1.165) is 23.3 Å². The molecule has 0 fully saturated rings. The second-order valence-corrected chi connectivity index (χ2v) is 7.15. The number of benzene rings is 1. The Morgan fingerprint density at radius 1 is 1.23 bits per heavy atom. The molecule has 4 rings (SSSR count). The van der Waals surface area contributed by atoms with Gasteiger partial charge in [-0.2, -0.15) is 13.2 Å². The van der Waals surface area contributed by atoms with Gasteiger partial charge in [-0.05, 0) is 30.7 Å². The molecule has 1 amide bonds. The Morgan fingerprint density at radius 2 is 1.97 bits per heavy atom. The van der Waals surface area contributed by atoms with Gasteiger partial charge in [0.15, 0.2) is 0 Å². The van der Waals surface area contributed by atoms with Crippen molar-refractivity contribution in [3.05, 3.63) is 64.2 Å². The second kappa shape index (κ2) is 7.77. The molecule has 31 heavy (non-hydrogen) atoms. The summed E-state index contributed by atoms with van der Waals surface area (Å²) in [4.78, 5) is 22.3. The van der Waals surface area contributed by atoms with E-state index in [0.29, 0.717) is 23.7 Å². The number of alkyl halides is 3. The van der Waals surface area contributed by atoms with Gasteiger partial charge < -0.3 is 15.4 Å². The van der Waals surface area contributed by atoms with Gasteiger partial charge in [-0.25, -0.2) is 9.37 Å². The molecule has 0 spiro atoms. The van der Waals surface area contributed by atoms with E-state index in [1.54, 1.807) is 6.92 Å². The van der Waals surface area contributed by atoms with Crippen LogP contribution in [0.2, 0.25) is 0 Å². The molecule has 10 heteroatoms. The highest BCUT2D eigenvalue weighted by atomic mass is 19.4. The third-order valence-corrected chi connectivity index (χ3v) is 5.22. The van der Waals surface area contributed by atoms with E-state index >= 15 is 0 Å². The summed E-state index contributed by atoms with van der Waals surface area (Å²) in [6.45, 7) is 2.41. The highest BCUT2D eigenvalue weighted by Crippen LogP contribution is 2.33. The number of aromatic nitrogens is 2. The molecular weight excluding hydrogens is 416 g/mol. The number of anilines is 1. The molecule has 1 aliphatic rings. The lowest BCUT2D eigenvalue weighted by Gasteiger charge is -2.21. The van der Waals surface area contributed by atoms with Gasteiger partial charge in [-0.15, -0.1) is 0 Å². The Hall–Kier alpha value is -3.27. The summed E-state index contributed by atoms with van der Waals surface area (Å²) in [6, 6.07) is 4.68. The van der Waals surface area contributed by atoms with Crippen LogP contribution in [0.25, 0.3) is 10.9 Å². The van der Waals surface area contributed by atoms with Gasteiger partial charge in [0.2, 0.25) is 0 Å². The number of nitrogen functional groups attached to an aromatic ring is 1. The van der Waals surface area contributed by atoms with Crippen molar-refractivity contribution >= 4 is 22.6 Å². The lowest BCUT2D eigenvalue weighted by Crippen LogP contribution is -2.31. The number of fused-ring (bicyclic) bond motifs is 3. The molecule has 2 N–H and O–H groups in total. The standard InChI is InChI=1S/C21H18F4N4O2/c1-2-29(8-12-4-3-11(7-27-12)21(23,24)25)20(30)14-5-13-15-9-31-10-16(15)19(26)28-18(13)6-17(14)22/h3-7H,2,8-10H2,1H3,(H2,26,28). The normalized spacial score (nSPS) is 13.5. The zero-order valence-corrected chi connectivity index (χ0v) is 16.5. The molecule has 1 aliphatic heterocycles. The maximum absolute atomic E-state index is 14.8. The molecule has 0 saturated carbocycles. The van der Waals surface area contributed by atoms with E-state index in [2.05, 4.69) is 9.97 Å². The van der Waals surface area contributed by atoms with Crippen LogP contribution in [0.4, 0.5) is 23.4 Å². The summed E-state index contributed by atoms with van der Waals surface area (Å²) in [5, 5.41) is 0.579.